The molecule has 0 aliphatic rings. The molecular formula is C47H85NO8P+. The average Bonchev–Trinajstić information content (AvgIpc) is 3.16. The van der Waals surface area contributed by atoms with Crippen LogP contribution >= 0.6 is 7.82 Å². The van der Waals surface area contributed by atoms with E-state index in [1.54, 1.807) is 0 Å². The van der Waals surface area contributed by atoms with E-state index in [2.05, 4.69) is 74.6 Å². The lowest BCUT2D eigenvalue weighted by Gasteiger charge is -2.24. The van der Waals surface area contributed by atoms with Crippen molar-refractivity contribution in [2.45, 2.75) is 180 Å². The van der Waals surface area contributed by atoms with Gasteiger partial charge in [0.05, 0.1) is 27.7 Å². The first-order valence-electron chi connectivity index (χ1n) is 22.5. The fourth-order valence-electron chi connectivity index (χ4n) is 5.70. The molecule has 9 nitrogen and oxygen atoms in total. The molecule has 0 aromatic carbocycles. The molecule has 57 heavy (non-hydrogen) atoms. The van der Waals surface area contributed by atoms with Crippen molar-refractivity contribution in [2.24, 2.45) is 0 Å². The molecule has 0 aliphatic carbocycles. The van der Waals surface area contributed by atoms with Crippen LogP contribution in [0.2, 0.25) is 0 Å². The molecule has 1 N–H and O–H groups in total. The average molecular weight is 823 g/mol. The minimum Gasteiger partial charge on any atom is -0.462 e. The molecule has 0 fully saturated rings. The summed E-state index contributed by atoms with van der Waals surface area (Å²) in [6.07, 6.45) is 46.9. The molecule has 10 heteroatoms. The van der Waals surface area contributed by atoms with Crippen molar-refractivity contribution in [1.29, 1.82) is 0 Å². The number of carbonyl (C=O) groups excluding carboxylic acids is 2. The zero-order chi connectivity index (χ0) is 42.1. The van der Waals surface area contributed by atoms with Gasteiger partial charge in [-0.1, -0.05) is 139 Å². The minimum absolute atomic E-state index is 0.0215. The van der Waals surface area contributed by atoms with Crippen molar-refractivity contribution in [3.8, 4) is 0 Å². The standard InChI is InChI=1S/C47H84NO8P/c1-6-8-10-12-14-16-18-20-22-23-24-25-26-28-30-32-34-36-38-40-47(50)56-45(44-55-57(51,52)54-42-41-48(3,4)5)43-53-46(49)39-37-35-33-31-29-27-21-19-17-15-13-11-9-7-2/h14,16,19-22,24-25,28,30,45H,6-13,15,17-18,23,26-27,29,31-44H2,1-5H3/p+1/b16-14+,21-19+,22-20+,25-24+,30-28+/t45-/m1/s1. The summed E-state index contributed by atoms with van der Waals surface area (Å²) in [7, 11) is 1.44. The van der Waals surface area contributed by atoms with E-state index >= 15 is 0 Å². The lowest BCUT2D eigenvalue weighted by molar-refractivity contribution is -0.870. The smallest absolute Gasteiger partial charge is 0.462 e. The van der Waals surface area contributed by atoms with Gasteiger partial charge in [0, 0.05) is 12.8 Å². The van der Waals surface area contributed by atoms with Gasteiger partial charge in [0.25, 0.3) is 0 Å². The highest BCUT2D eigenvalue weighted by Gasteiger charge is 2.27. The Bertz CT molecular complexity index is 1160. The van der Waals surface area contributed by atoms with E-state index in [4.69, 9.17) is 18.5 Å². The lowest BCUT2D eigenvalue weighted by Crippen LogP contribution is -2.37. The number of allylic oxidation sites excluding steroid dienone is 10. The number of unbranched alkanes of at least 4 members (excludes halogenated alkanes) is 16. The number of hydrogen-bond acceptors (Lipinski definition) is 7. The summed E-state index contributed by atoms with van der Waals surface area (Å²) < 4.78 is 34.3. The van der Waals surface area contributed by atoms with Crippen LogP contribution in [0.5, 0.6) is 0 Å². The van der Waals surface area contributed by atoms with Gasteiger partial charge in [0.1, 0.15) is 19.8 Å². The first kappa shape index (κ1) is 54.7. The van der Waals surface area contributed by atoms with Gasteiger partial charge in [-0.3, -0.25) is 18.6 Å². The maximum absolute atomic E-state index is 12.7. The van der Waals surface area contributed by atoms with Crippen LogP contribution in [0, 0.1) is 0 Å². The maximum Gasteiger partial charge on any atom is 0.472 e. The predicted octanol–water partition coefficient (Wildman–Crippen LogP) is 12.9. The van der Waals surface area contributed by atoms with Crippen LogP contribution in [0.4, 0.5) is 0 Å². The summed E-state index contributed by atoms with van der Waals surface area (Å²) >= 11 is 0. The number of esters is 2. The highest BCUT2D eigenvalue weighted by Crippen LogP contribution is 2.43. The molecule has 0 saturated heterocycles. The van der Waals surface area contributed by atoms with Gasteiger partial charge in [0.2, 0.25) is 0 Å². The summed E-state index contributed by atoms with van der Waals surface area (Å²) in [6.45, 7) is 4.33. The van der Waals surface area contributed by atoms with Crippen molar-refractivity contribution < 1.29 is 42.1 Å². The first-order chi connectivity index (χ1) is 27.5. The Morgan fingerprint density at radius 1 is 0.544 bits per heavy atom. The Balaban J connectivity index is 4.44. The van der Waals surface area contributed by atoms with Crippen LogP contribution < -0.4 is 0 Å². The number of phosphoric acid groups is 1. The molecule has 0 amide bonds. The molecule has 0 saturated carbocycles. The zero-order valence-corrected chi connectivity index (χ0v) is 38.0. The molecule has 0 rings (SSSR count). The van der Waals surface area contributed by atoms with E-state index in [9.17, 15) is 19.0 Å². The second-order valence-corrected chi connectivity index (χ2v) is 17.5. The maximum atomic E-state index is 12.7. The largest absolute Gasteiger partial charge is 0.472 e. The number of ether oxygens (including phenoxy) is 2. The van der Waals surface area contributed by atoms with Crippen LogP contribution in [0.1, 0.15) is 174 Å². The number of likely N-dealkylation sites (N-methyl/N-ethyl adjacent to an activating group) is 1. The van der Waals surface area contributed by atoms with Gasteiger partial charge in [-0.25, -0.2) is 4.57 Å². The van der Waals surface area contributed by atoms with Crippen LogP contribution in [-0.2, 0) is 32.7 Å². The lowest BCUT2D eigenvalue weighted by atomic mass is 10.1. The van der Waals surface area contributed by atoms with E-state index in [-0.39, 0.29) is 32.0 Å². The Kier molecular flexibility index (Phi) is 37.6. The Labute approximate surface area is 349 Å². The van der Waals surface area contributed by atoms with E-state index in [0.29, 0.717) is 17.4 Å². The van der Waals surface area contributed by atoms with Crippen molar-refractivity contribution in [3.05, 3.63) is 60.8 Å². The fraction of sp³-hybridized carbons (Fsp3) is 0.745. The number of carbonyl (C=O) groups is 2. The topological polar surface area (TPSA) is 108 Å². The number of phosphoric ester groups is 1. The molecular weight excluding hydrogens is 737 g/mol. The van der Waals surface area contributed by atoms with Crippen LogP contribution in [0.3, 0.4) is 0 Å². The zero-order valence-electron chi connectivity index (χ0n) is 37.1. The normalized spacial score (nSPS) is 14.1. The molecule has 0 bridgehead atoms. The number of hydrogen-bond donors (Lipinski definition) is 1. The Hall–Kier alpha value is -2.29. The number of nitrogens with zero attached hydrogens (tertiary/aromatic N) is 1. The highest BCUT2D eigenvalue weighted by molar-refractivity contribution is 7.47. The van der Waals surface area contributed by atoms with Gasteiger partial charge in [-0.2, -0.15) is 0 Å². The SMILES string of the molecule is CCCCC/C=C/C/C=C/C/C=C/C/C=C/CCCCCC(=O)O[C@H](COC(=O)CCCCCCC/C=C/CCCCCCC)COP(=O)(O)OCC[N+](C)(C)C. The fourth-order valence-corrected chi connectivity index (χ4v) is 6.44. The number of rotatable bonds is 40. The van der Waals surface area contributed by atoms with Gasteiger partial charge >= 0.3 is 19.8 Å². The molecule has 0 spiro atoms. The van der Waals surface area contributed by atoms with Gasteiger partial charge in [0.15, 0.2) is 6.10 Å². The van der Waals surface area contributed by atoms with Crippen molar-refractivity contribution in [2.75, 3.05) is 47.5 Å². The van der Waals surface area contributed by atoms with Gasteiger partial charge in [-0.15, -0.1) is 0 Å². The monoisotopic (exact) mass is 823 g/mol. The summed E-state index contributed by atoms with van der Waals surface area (Å²) in [6, 6.07) is 0. The molecule has 0 aromatic heterocycles. The van der Waals surface area contributed by atoms with Crippen LogP contribution in [0.15, 0.2) is 60.8 Å². The van der Waals surface area contributed by atoms with E-state index < -0.39 is 26.5 Å². The summed E-state index contributed by atoms with van der Waals surface area (Å²) in [5, 5.41) is 0. The van der Waals surface area contributed by atoms with Gasteiger partial charge in [-0.05, 0) is 83.5 Å². The Morgan fingerprint density at radius 2 is 0.947 bits per heavy atom. The van der Waals surface area contributed by atoms with E-state index in [0.717, 1.165) is 77.0 Å². The van der Waals surface area contributed by atoms with E-state index in [1.807, 2.05) is 21.1 Å². The molecule has 0 heterocycles. The summed E-state index contributed by atoms with van der Waals surface area (Å²) in [5.74, 6) is -0.848. The highest BCUT2D eigenvalue weighted by atomic mass is 31.2. The van der Waals surface area contributed by atoms with E-state index in [1.165, 1.54) is 64.2 Å². The molecule has 0 aliphatic heterocycles. The third-order valence-electron chi connectivity index (χ3n) is 9.27. The predicted molar refractivity (Wildman–Crippen MR) is 238 cm³/mol. The second kappa shape index (κ2) is 39.2. The molecule has 1 unspecified atom stereocenters. The van der Waals surface area contributed by atoms with Crippen molar-refractivity contribution in [1.82, 2.24) is 0 Å². The van der Waals surface area contributed by atoms with Crippen molar-refractivity contribution in [3.63, 3.8) is 0 Å². The molecule has 2 atom stereocenters. The van der Waals surface area contributed by atoms with Crippen LogP contribution in [0.25, 0.3) is 0 Å². The number of quaternary nitrogens is 1. The third kappa shape index (κ3) is 43.1. The Morgan fingerprint density at radius 3 is 1.47 bits per heavy atom. The van der Waals surface area contributed by atoms with Gasteiger partial charge < -0.3 is 18.9 Å². The second-order valence-electron chi connectivity index (χ2n) is 16.1. The third-order valence-corrected chi connectivity index (χ3v) is 10.3. The quantitative estimate of drug-likeness (QED) is 0.0214. The summed E-state index contributed by atoms with van der Waals surface area (Å²) in [5.41, 5.74) is 0. The minimum atomic E-state index is -4.39. The molecule has 330 valence electrons. The van der Waals surface area contributed by atoms with Crippen molar-refractivity contribution >= 4 is 19.8 Å². The first-order valence-corrected chi connectivity index (χ1v) is 24.0. The van der Waals surface area contributed by atoms with Crippen LogP contribution in [-0.4, -0.2) is 74.9 Å². The summed E-state index contributed by atoms with van der Waals surface area (Å²) in [4.78, 5) is 35.4. The molecule has 0 aromatic rings. The molecule has 0 radical (unpaired) electrons.